The number of nitrogens with two attached hydrogens (primary N) is 1. The molecule has 1 unspecified atom stereocenters. The van der Waals surface area contributed by atoms with Gasteiger partial charge in [0.05, 0.1) is 6.61 Å². The highest BCUT2D eigenvalue weighted by atomic mass is 16.5. The zero-order valence-corrected chi connectivity index (χ0v) is 11.4. The number of likely N-dealkylation sites (N-methyl/N-ethyl adjacent to an activating group) is 1. The highest BCUT2D eigenvalue weighted by Gasteiger charge is 2.14. The molecule has 0 aliphatic heterocycles. The average molecular weight is 230 g/mol. The van der Waals surface area contributed by atoms with Gasteiger partial charge in [-0.05, 0) is 19.9 Å². The van der Waals surface area contributed by atoms with Gasteiger partial charge >= 0.3 is 0 Å². The second-order valence-corrected chi connectivity index (χ2v) is 4.21. The molecule has 0 radical (unpaired) electrons. The Bertz CT molecular complexity index is 126. The standard InChI is InChI=1S/C13H30N2O/c1-4-7-8-9-13(12-14)15(5-2)10-11-16-6-3/h13H,4-12,14H2,1-3H3. The van der Waals surface area contributed by atoms with Gasteiger partial charge in [0.2, 0.25) is 0 Å². The quantitative estimate of drug-likeness (QED) is 0.553. The molecule has 2 N–H and O–H groups in total. The van der Waals surface area contributed by atoms with Gasteiger partial charge in [0.1, 0.15) is 0 Å². The maximum Gasteiger partial charge on any atom is 0.0593 e. The molecule has 98 valence electrons. The van der Waals surface area contributed by atoms with Gasteiger partial charge in [0.15, 0.2) is 0 Å². The lowest BCUT2D eigenvalue weighted by atomic mass is 10.1. The van der Waals surface area contributed by atoms with Crippen molar-refractivity contribution in [2.24, 2.45) is 5.73 Å². The largest absolute Gasteiger partial charge is 0.380 e. The van der Waals surface area contributed by atoms with Crippen molar-refractivity contribution >= 4 is 0 Å². The van der Waals surface area contributed by atoms with Crippen LogP contribution in [0.15, 0.2) is 0 Å². The Hall–Kier alpha value is -0.120. The SMILES string of the molecule is CCCCCC(CN)N(CC)CCOCC. The number of rotatable bonds is 11. The van der Waals surface area contributed by atoms with Gasteiger partial charge in [-0.25, -0.2) is 0 Å². The Morgan fingerprint density at radius 2 is 1.94 bits per heavy atom. The molecule has 0 aliphatic carbocycles. The van der Waals surface area contributed by atoms with Crippen molar-refractivity contribution < 1.29 is 4.74 Å². The van der Waals surface area contributed by atoms with Gasteiger partial charge in [-0.15, -0.1) is 0 Å². The third-order valence-corrected chi connectivity index (χ3v) is 3.06. The number of unbranched alkanes of at least 4 members (excludes halogenated alkanes) is 2. The van der Waals surface area contributed by atoms with Crippen molar-refractivity contribution in [1.82, 2.24) is 4.90 Å². The molecule has 0 saturated carbocycles. The first-order valence-corrected chi connectivity index (χ1v) is 6.81. The van der Waals surface area contributed by atoms with Crippen molar-refractivity contribution in [3.8, 4) is 0 Å². The van der Waals surface area contributed by atoms with Crippen LogP contribution >= 0.6 is 0 Å². The van der Waals surface area contributed by atoms with Crippen LogP contribution in [0.2, 0.25) is 0 Å². The van der Waals surface area contributed by atoms with E-state index in [4.69, 9.17) is 10.5 Å². The predicted octanol–water partition coefficient (Wildman–Crippen LogP) is 2.25. The Morgan fingerprint density at radius 1 is 1.19 bits per heavy atom. The van der Waals surface area contributed by atoms with E-state index in [9.17, 15) is 0 Å². The van der Waals surface area contributed by atoms with E-state index in [1.165, 1.54) is 25.7 Å². The second-order valence-electron chi connectivity index (χ2n) is 4.21. The fourth-order valence-electron chi connectivity index (χ4n) is 2.00. The number of hydrogen-bond acceptors (Lipinski definition) is 3. The van der Waals surface area contributed by atoms with E-state index >= 15 is 0 Å². The van der Waals surface area contributed by atoms with E-state index in [1.807, 2.05) is 6.92 Å². The Morgan fingerprint density at radius 3 is 2.44 bits per heavy atom. The summed E-state index contributed by atoms with van der Waals surface area (Å²) in [5.74, 6) is 0. The Balaban J connectivity index is 3.85. The van der Waals surface area contributed by atoms with Crippen LogP contribution in [0.1, 0.15) is 46.5 Å². The van der Waals surface area contributed by atoms with Crippen LogP contribution in [-0.2, 0) is 4.74 Å². The molecule has 0 aromatic heterocycles. The predicted molar refractivity (Wildman–Crippen MR) is 70.7 cm³/mol. The normalized spacial score (nSPS) is 13.3. The maximum absolute atomic E-state index is 5.85. The van der Waals surface area contributed by atoms with Crippen LogP contribution in [0, 0.1) is 0 Å². The van der Waals surface area contributed by atoms with Crippen LogP contribution in [-0.4, -0.2) is 43.8 Å². The summed E-state index contributed by atoms with van der Waals surface area (Å²) in [6.45, 7) is 11.0. The lowest BCUT2D eigenvalue weighted by Gasteiger charge is -2.29. The summed E-state index contributed by atoms with van der Waals surface area (Å²) in [5, 5.41) is 0. The minimum absolute atomic E-state index is 0.539. The van der Waals surface area contributed by atoms with E-state index in [2.05, 4.69) is 18.7 Å². The molecule has 0 bridgehead atoms. The van der Waals surface area contributed by atoms with Gasteiger partial charge in [0, 0.05) is 25.7 Å². The molecule has 3 heteroatoms. The molecule has 0 aliphatic rings. The zero-order chi connectivity index (χ0) is 12.2. The van der Waals surface area contributed by atoms with Gasteiger partial charge < -0.3 is 10.5 Å². The number of nitrogens with zero attached hydrogens (tertiary/aromatic N) is 1. The molecule has 0 saturated heterocycles. The first kappa shape index (κ1) is 15.9. The van der Waals surface area contributed by atoms with Crippen LogP contribution in [0.5, 0.6) is 0 Å². The van der Waals surface area contributed by atoms with Crippen LogP contribution in [0.3, 0.4) is 0 Å². The molecule has 0 amide bonds. The maximum atomic E-state index is 5.85. The number of ether oxygens (including phenoxy) is 1. The summed E-state index contributed by atoms with van der Waals surface area (Å²) in [6.07, 6.45) is 5.12. The van der Waals surface area contributed by atoms with Crippen molar-refractivity contribution in [3.63, 3.8) is 0 Å². The lowest BCUT2D eigenvalue weighted by molar-refractivity contribution is 0.0952. The van der Waals surface area contributed by atoms with Crippen molar-refractivity contribution in [3.05, 3.63) is 0 Å². The molecule has 3 nitrogen and oxygen atoms in total. The van der Waals surface area contributed by atoms with E-state index in [1.54, 1.807) is 0 Å². The summed E-state index contributed by atoms with van der Waals surface area (Å²) >= 11 is 0. The first-order valence-electron chi connectivity index (χ1n) is 6.81. The number of hydrogen-bond donors (Lipinski definition) is 1. The summed E-state index contributed by atoms with van der Waals surface area (Å²) < 4.78 is 5.40. The van der Waals surface area contributed by atoms with E-state index in [0.29, 0.717) is 6.04 Å². The van der Waals surface area contributed by atoms with Gasteiger partial charge in [0.25, 0.3) is 0 Å². The molecule has 16 heavy (non-hydrogen) atoms. The summed E-state index contributed by atoms with van der Waals surface area (Å²) in [5.41, 5.74) is 5.85. The van der Waals surface area contributed by atoms with Gasteiger partial charge in [-0.3, -0.25) is 4.90 Å². The molecular weight excluding hydrogens is 200 g/mol. The van der Waals surface area contributed by atoms with Gasteiger partial charge in [-0.1, -0.05) is 33.1 Å². The van der Waals surface area contributed by atoms with E-state index < -0.39 is 0 Å². The van der Waals surface area contributed by atoms with E-state index in [0.717, 1.165) is 32.8 Å². The third kappa shape index (κ3) is 7.20. The Labute approximate surface area is 101 Å². The lowest BCUT2D eigenvalue weighted by Crippen LogP contribution is -2.42. The van der Waals surface area contributed by atoms with Gasteiger partial charge in [-0.2, -0.15) is 0 Å². The summed E-state index contributed by atoms with van der Waals surface area (Å²) in [7, 11) is 0. The van der Waals surface area contributed by atoms with Crippen molar-refractivity contribution in [2.75, 3.05) is 32.8 Å². The molecular formula is C13H30N2O. The highest BCUT2D eigenvalue weighted by molar-refractivity contribution is 4.71. The second kappa shape index (κ2) is 11.4. The van der Waals surface area contributed by atoms with E-state index in [-0.39, 0.29) is 0 Å². The minimum atomic E-state index is 0.539. The fourth-order valence-corrected chi connectivity index (χ4v) is 2.00. The third-order valence-electron chi connectivity index (χ3n) is 3.06. The van der Waals surface area contributed by atoms with Crippen LogP contribution in [0.25, 0.3) is 0 Å². The molecule has 0 heterocycles. The fraction of sp³-hybridized carbons (Fsp3) is 1.00. The summed E-state index contributed by atoms with van der Waals surface area (Å²) in [6, 6.07) is 0.539. The minimum Gasteiger partial charge on any atom is -0.380 e. The summed E-state index contributed by atoms with van der Waals surface area (Å²) in [4.78, 5) is 2.45. The molecule has 0 aromatic rings. The highest BCUT2D eigenvalue weighted by Crippen LogP contribution is 2.09. The molecule has 0 fully saturated rings. The van der Waals surface area contributed by atoms with Crippen molar-refractivity contribution in [2.45, 2.75) is 52.5 Å². The monoisotopic (exact) mass is 230 g/mol. The van der Waals surface area contributed by atoms with Crippen LogP contribution in [0.4, 0.5) is 0 Å². The Kier molecular flexibility index (Phi) is 11.3. The molecule has 0 spiro atoms. The molecule has 0 rings (SSSR count). The average Bonchev–Trinajstić information content (AvgIpc) is 2.31. The van der Waals surface area contributed by atoms with Crippen LogP contribution < -0.4 is 5.73 Å². The first-order chi connectivity index (χ1) is 7.79. The molecule has 1 atom stereocenters. The topological polar surface area (TPSA) is 38.5 Å². The molecule has 0 aromatic carbocycles. The smallest absolute Gasteiger partial charge is 0.0593 e. The van der Waals surface area contributed by atoms with Crippen molar-refractivity contribution in [1.29, 1.82) is 0 Å². The zero-order valence-electron chi connectivity index (χ0n) is 11.4.